The highest BCUT2D eigenvalue weighted by Crippen LogP contribution is 2.28. The Labute approximate surface area is 156 Å². The van der Waals surface area contributed by atoms with Gasteiger partial charge in [0.05, 0.1) is 4.90 Å². The van der Waals surface area contributed by atoms with Crippen molar-refractivity contribution >= 4 is 27.3 Å². The van der Waals surface area contributed by atoms with Gasteiger partial charge in [0.15, 0.2) is 0 Å². The quantitative estimate of drug-likeness (QED) is 0.721. The fourth-order valence-electron chi connectivity index (χ4n) is 3.36. The van der Waals surface area contributed by atoms with E-state index in [2.05, 4.69) is 13.8 Å². The van der Waals surface area contributed by atoms with Crippen molar-refractivity contribution in [1.82, 2.24) is 9.21 Å². The molecule has 0 spiro atoms. The van der Waals surface area contributed by atoms with Crippen molar-refractivity contribution in [2.24, 2.45) is 5.92 Å². The van der Waals surface area contributed by atoms with E-state index in [9.17, 15) is 13.2 Å². The molecule has 1 aromatic heterocycles. The van der Waals surface area contributed by atoms with Crippen LogP contribution in [0.1, 0.15) is 49.3 Å². The fourth-order valence-corrected chi connectivity index (χ4v) is 6.31. The number of hydrogen-bond acceptors (Lipinski definition) is 4. The van der Waals surface area contributed by atoms with Gasteiger partial charge in [-0.2, -0.15) is 4.31 Å². The van der Waals surface area contributed by atoms with Crippen molar-refractivity contribution in [3.63, 3.8) is 0 Å². The number of piperazine rings is 1. The van der Waals surface area contributed by atoms with E-state index in [1.54, 1.807) is 6.07 Å². The first-order valence-electron chi connectivity index (χ1n) is 9.17. The minimum absolute atomic E-state index is 0.0740. The van der Waals surface area contributed by atoms with Crippen molar-refractivity contribution < 1.29 is 13.2 Å². The molecule has 1 aromatic rings. The topological polar surface area (TPSA) is 57.7 Å². The molecule has 0 N–H and O–H groups in total. The Morgan fingerprint density at radius 3 is 2.32 bits per heavy atom. The number of aryl methyl sites for hydroxylation is 2. The molecule has 5 nitrogen and oxygen atoms in total. The van der Waals surface area contributed by atoms with Crippen LogP contribution >= 0.6 is 11.3 Å². The Morgan fingerprint density at radius 2 is 1.84 bits per heavy atom. The van der Waals surface area contributed by atoms with Crippen molar-refractivity contribution in [2.45, 2.75) is 58.3 Å². The summed E-state index contributed by atoms with van der Waals surface area (Å²) >= 11 is 1.51. The molecule has 2 heterocycles. The molecule has 0 aromatic carbocycles. The molecule has 142 valence electrons. The Hall–Kier alpha value is -0.920. The van der Waals surface area contributed by atoms with E-state index in [4.69, 9.17) is 0 Å². The molecule has 0 saturated carbocycles. The predicted molar refractivity (Wildman–Crippen MR) is 102 cm³/mol. The third-order valence-electron chi connectivity index (χ3n) is 4.91. The molecule has 1 unspecified atom stereocenters. The van der Waals surface area contributed by atoms with Gasteiger partial charge in [-0.25, -0.2) is 8.42 Å². The number of hydrogen-bond donors (Lipinski definition) is 0. The third kappa shape index (κ3) is 4.63. The number of sulfonamides is 1. The van der Waals surface area contributed by atoms with Gasteiger partial charge in [-0.1, -0.05) is 26.7 Å². The summed E-state index contributed by atoms with van der Waals surface area (Å²) in [5.41, 5.74) is 0. The maximum absolute atomic E-state index is 12.9. The summed E-state index contributed by atoms with van der Waals surface area (Å²) in [6.45, 7) is 9.71. The van der Waals surface area contributed by atoms with Crippen LogP contribution in [-0.2, 0) is 14.8 Å². The Morgan fingerprint density at radius 1 is 1.20 bits per heavy atom. The van der Waals surface area contributed by atoms with Gasteiger partial charge in [0.1, 0.15) is 0 Å². The normalized spacial score (nSPS) is 17.7. The van der Waals surface area contributed by atoms with Crippen molar-refractivity contribution in [3.8, 4) is 0 Å². The van der Waals surface area contributed by atoms with E-state index in [-0.39, 0.29) is 11.8 Å². The smallest absolute Gasteiger partial charge is 0.244 e. The first-order valence-corrected chi connectivity index (χ1v) is 11.4. The standard InChI is InChI=1S/C18H30N2O3S2/c1-5-7-8-16(6-2)18(21)19-9-11-20(12-10-19)25(22,23)17-13-14(3)24-15(17)4/h13,16H,5-12H2,1-4H3. The lowest BCUT2D eigenvalue weighted by atomic mass is 9.97. The summed E-state index contributed by atoms with van der Waals surface area (Å²) in [4.78, 5) is 16.8. The zero-order valence-corrected chi connectivity index (χ0v) is 17.4. The monoisotopic (exact) mass is 386 g/mol. The summed E-state index contributed by atoms with van der Waals surface area (Å²) in [6.07, 6.45) is 3.94. The summed E-state index contributed by atoms with van der Waals surface area (Å²) in [5, 5.41) is 0. The zero-order chi connectivity index (χ0) is 18.6. The van der Waals surface area contributed by atoms with Crippen LogP contribution in [-0.4, -0.2) is 49.7 Å². The largest absolute Gasteiger partial charge is 0.340 e. The molecule has 1 aliphatic rings. The lowest BCUT2D eigenvalue weighted by Crippen LogP contribution is -2.51. The summed E-state index contributed by atoms with van der Waals surface area (Å²) in [5.74, 6) is 0.264. The van der Waals surface area contributed by atoms with Crippen molar-refractivity contribution in [3.05, 3.63) is 15.8 Å². The van der Waals surface area contributed by atoms with Gasteiger partial charge in [0.2, 0.25) is 15.9 Å². The van der Waals surface area contributed by atoms with Gasteiger partial charge < -0.3 is 4.90 Å². The van der Waals surface area contributed by atoms with Crippen LogP contribution in [0.2, 0.25) is 0 Å². The number of unbranched alkanes of at least 4 members (excludes halogenated alkanes) is 1. The average molecular weight is 387 g/mol. The fraction of sp³-hybridized carbons (Fsp3) is 0.722. The van der Waals surface area contributed by atoms with E-state index in [1.165, 1.54) is 15.6 Å². The number of amides is 1. The maximum Gasteiger partial charge on any atom is 0.244 e. The molecular formula is C18H30N2O3S2. The minimum Gasteiger partial charge on any atom is -0.340 e. The number of nitrogens with zero attached hydrogens (tertiary/aromatic N) is 2. The first kappa shape index (κ1) is 20.4. The van der Waals surface area contributed by atoms with Crippen LogP contribution in [0.15, 0.2) is 11.0 Å². The van der Waals surface area contributed by atoms with Crippen LogP contribution < -0.4 is 0 Å². The van der Waals surface area contributed by atoms with Crippen LogP contribution in [0.25, 0.3) is 0 Å². The molecule has 1 aliphatic heterocycles. The second-order valence-corrected chi connectivity index (χ2v) is 10.1. The number of rotatable bonds is 7. The van der Waals surface area contributed by atoms with Gasteiger partial charge in [0.25, 0.3) is 0 Å². The Balaban J connectivity index is 2.01. The molecule has 1 amide bonds. The molecule has 0 radical (unpaired) electrons. The molecule has 1 atom stereocenters. The van der Waals surface area contributed by atoms with Crippen molar-refractivity contribution in [1.29, 1.82) is 0 Å². The zero-order valence-electron chi connectivity index (χ0n) is 15.7. The van der Waals surface area contributed by atoms with E-state index < -0.39 is 10.0 Å². The SMILES string of the molecule is CCCCC(CC)C(=O)N1CCN(S(=O)(=O)c2cc(C)sc2C)CC1. The van der Waals surface area contributed by atoms with Crippen LogP contribution in [0.4, 0.5) is 0 Å². The predicted octanol–water partition coefficient (Wildman–Crippen LogP) is 3.41. The molecule has 0 bridgehead atoms. The molecule has 25 heavy (non-hydrogen) atoms. The van der Waals surface area contributed by atoms with Crippen LogP contribution in [0, 0.1) is 19.8 Å². The van der Waals surface area contributed by atoms with E-state index >= 15 is 0 Å². The lowest BCUT2D eigenvalue weighted by molar-refractivity contribution is -0.137. The number of carbonyl (C=O) groups is 1. The number of carbonyl (C=O) groups excluding carboxylic acids is 1. The Kier molecular flexibility index (Phi) is 7.05. The van der Waals surface area contributed by atoms with Gasteiger partial charge in [-0.15, -0.1) is 11.3 Å². The number of thiophene rings is 1. The van der Waals surface area contributed by atoms with Gasteiger partial charge in [0, 0.05) is 41.9 Å². The van der Waals surface area contributed by atoms with E-state index in [1.807, 2.05) is 18.7 Å². The maximum atomic E-state index is 12.9. The summed E-state index contributed by atoms with van der Waals surface area (Å²) in [7, 11) is -3.46. The summed E-state index contributed by atoms with van der Waals surface area (Å²) < 4.78 is 27.2. The first-order chi connectivity index (χ1) is 11.8. The van der Waals surface area contributed by atoms with Crippen molar-refractivity contribution in [2.75, 3.05) is 26.2 Å². The second kappa shape index (κ2) is 8.64. The molecule has 2 rings (SSSR count). The lowest BCUT2D eigenvalue weighted by Gasteiger charge is -2.35. The Bertz CT molecular complexity index is 689. The third-order valence-corrected chi connectivity index (χ3v) is 8.03. The van der Waals surface area contributed by atoms with E-state index in [0.29, 0.717) is 31.1 Å². The molecule has 1 saturated heterocycles. The highest BCUT2D eigenvalue weighted by atomic mass is 32.2. The van der Waals surface area contributed by atoms with Gasteiger partial charge >= 0.3 is 0 Å². The van der Waals surface area contributed by atoms with Gasteiger partial charge in [-0.05, 0) is 32.8 Å². The molecule has 1 fully saturated rings. The van der Waals surface area contributed by atoms with Crippen LogP contribution in [0.5, 0.6) is 0 Å². The summed E-state index contributed by atoms with van der Waals surface area (Å²) in [6, 6.07) is 1.75. The highest BCUT2D eigenvalue weighted by Gasteiger charge is 2.33. The molecule has 7 heteroatoms. The molecule has 0 aliphatic carbocycles. The van der Waals surface area contributed by atoms with E-state index in [0.717, 1.165) is 35.4 Å². The average Bonchev–Trinajstić information content (AvgIpc) is 2.94. The highest BCUT2D eigenvalue weighted by molar-refractivity contribution is 7.89. The van der Waals surface area contributed by atoms with Crippen LogP contribution in [0.3, 0.4) is 0 Å². The molecular weight excluding hydrogens is 356 g/mol. The second-order valence-electron chi connectivity index (χ2n) is 6.75. The minimum atomic E-state index is -3.46. The van der Waals surface area contributed by atoms with Gasteiger partial charge in [-0.3, -0.25) is 4.79 Å².